The Kier molecular flexibility index (Phi) is 6.43. The highest BCUT2D eigenvalue weighted by molar-refractivity contribution is 7.99. The van der Waals surface area contributed by atoms with Crippen molar-refractivity contribution in [3.8, 4) is 12.3 Å². The van der Waals surface area contributed by atoms with Crippen LogP contribution in [0.15, 0.2) is 41.3 Å². The van der Waals surface area contributed by atoms with Gasteiger partial charge in [-0.2, -0.15) is 0 Å². The van der Waals surface area contributed by atoms with E-state index in [1.165, 1.54) is 23.9 Å². The van der Waals surface area contributed by atoms with Crippen molar-refractivity contribution in [3.05, 3.63) is 63.5 Å². The molecule has 0 heterocycles. The van der Waals surface area contributed by atoms with Crippen LogP contribution in [0, 0.1) is 35.2 Å². The molecule has 0 aliphatic heterocycles. The maximum Gasteiger partial charge on any atom is 0.285 e. The van der Waals surface area contributed by atoms with Crippen LogP contribution in [0.2, 0.25) is 0 Å². The van der Waals surface area contributed by atoms with E-state index in [4.69, 9.17) is 6.42 Å². The van der Waals surface area contributed by atoms with Crippen molar-refractivity contribution >= 4 is 23.1 Å². The van der Waals surface area contributed by atoms with E-state index in [9.17, 15) is 14.5 Å². The fraction of sp³-hybridized carbons (Fsp3) is 0.263. The highest BCUT2D eigenvalue weighted by atomic mass is 32.2. The molecular formula is C19H19FN2O2S. The van der Waals surface area contributed by atoms with Gasteiger partial charge in [0.25, 0.3) is 5.69 Å². The zero-order chi connectivity index (χ0) is 18.4. The predicted octanol–water partition coefficient (Wildman–Crippen LogP) is 4.79. The van der Waals surface area contributed by atoms with Crippen LogP contribution in [0.3, 0.4) is 0 Å². The van der Waals surface area contributed by atoms with Gasteiger partial charge in [-0.1, -0.05) is 25.0 Å². The van der Waals surface area contributed by atoms with E-state index < -0.39 is 0 Å². The summed E-state index contributed by atoms with van der Waals surface area (Å²) in [5.41, 5.74) is 2.47. The first kappa shape index (κ1) is 18.8. The third-order valence-corrected chi connectivity index (χ3v) is 4.58. The minimum atomic E-state index is -0.345. The normalized spacial score (nSPS) is 10.3. The minimum Gasteiger partial charge on any atom is -0.356 e. The maximum atomic E-state index is 13.1. The third-order valence-electron chi connectivity index (χ3n) is 3.67. The van der Waals surface area contributed by atoms with Crippen LogP contribution >= 0.6 is 11.8 Å². The lowest BCUT2D eigenvalue weighted by Crippen LogP contribution is -2.23. The van der Waals surface area contributed by atoms with Gasteiger partial charge in [0.2, 0.25) is 0 Å². The number of nitrogens with zero attached hydrogens (tertiary/aromatic N) is 2. The molecule has 0 spiro atoms. The smallest absolute Gasteiger partial charge is 0.285 e. The van der Waals surface area contributed by atoms with Gasteiger partial charge < -0.3 is 4.90 Å². The Morgan fingerprint density at radius 3 is 2.56 bits per heavy atom. The van der Waals surface area contributed by atoms with E-state index in [-0.39, 0.29) is 16.4 Å². The fourth-order valence-electron chi connectivity index (χ4n) is 2.57. The highest BCUT2D eigenvalue weighted by Gasteiger charge is 2.20. The summed E-state index contributed by atoms with van der Waals surface area (Å²) in [7, 11) is 0. The lowest BCUT2D eigenvalue weighted by molar-refractivity contribution is -0.388. The SMILES string of the molecule is C#CCN(Cc1ccc(F)cc1)c1cc(C)c([N+](=O)[O-])c(SCC)c1. The van der Waals surface area contributed by atoms with Crippen molar-refractivity contribution in [3.63, 3.8) is 0 Å². The van der Waals surface area contributed by atoms with E-state index in [1.54, 1.807) is 31.2 Å². The number of halogens is 1. The molecule has 0 fully saturated rings. The minimum absolute atomic E-state index is 0.137. The zero-order valence-electron chi connectivity index (χ0n) is 14.2. The van der Waals surface area contributed by atoms with Gasteiger partial charge >= 0.3 is 0 Å². The summed E-state index contributed by atoms with van der Waals surface area (Å²) in [6.07, 6.45) is 5.49. The van der Waals surface area contributed by atoms with Gasteiger partial charge in [-0.15, -0.1) is 18.2 Å². The molecule has 0 saturated carbocycles. The molecule has 2 rings (SSSR count). The second-order valence-corrected chi connectivity index (χ2v) is 6.79. The second-order valence-electron chi connectivity index (χ2n) is 5.49. The number of nitro groups is 1. The highest BCUT2D eigenvalue weighted by Crippen LogP contribution is 2.36. The van der Waals surface area contributed by atoms with Crippen molar-refractivity contribution in [2.45, 2.75) is 25.3 Å². The standard InChI is InChI=1S/C19H19FN2O2S/c1-4-10-21(13-15-6-8-16(20)9-7-15)17-11-14(3)19(22(23)24)18(12-17)25-5-2/h1,6-9,11-12H,5,10,13H2,2-3H3. The van der Waals surface area contributed by atoms with Crippen LogP contribution in [0.1, 0.15) is 18.1 Å². The van der Waals surface area contributed by atoms with Gasteiger partial charge in [0.15, 0.2) is 0 Å². The molecule has 25 heavy (non-hydrogen) atoms. The van der Waals surface area contributed by atoms with Gasteiger partial charge in [-0.05, 0) is 42.5 Å². The van der Waals surface area contributed by atoms with Crippen LogP contribution in [0.25, 0.3) is 0 Å². The third kappa shape index (κ3) is 4.74. The number of aryl methyl sites for hydroxylation is 1. The molecule has 0 atom stereocenters. The number of terminal acetylenes is 1. The van der Waals surface area contributed by atoms with Crippen LogP contribution in [0.5, 0.6) is 0 Å². The van der Waals surface area contributed by atoms with Crippen molar-refractivity contribution in [2.24, 2.45) is 0 Å². The molecule has 2 aromatic rings. The Balaban J connectivity index is 2.42. The number of nitro benzene ring substituents is 1. The quantitative estimate of drug-likeness (QED) is 0.309. The maximum absolute atomic E-state index is 13.1. The summed E-state index contributed by atoms with van der Waals surface area (Å²) in [6, 6.07) is 9.81. The molecule has 130 valence electrons. The lowest BCUT2D eigenvalue weighted by Gasteiger charge is -2.24. The Hall–Kier alpha value is -2.52. The first-order valence-electron chi connectivity index (χ1n) is 7.81. The molecular weight excluding hydrogens is 339 g/mol. The molecule has 0 N–H and O–H groups in total. The molecule has 4 nitrogen and oxygen atoms in total. The Labute approximate surface area is 151 Å². The average molecular weight is 358 g/mol. The number of anilines is 1. The largest absolute Gasteiger partial charge is 0.356 e. The van der Waals surface area contributed by atoms with Crippen LogP contribution in [-0.2, 0) is 6.54 Å². The predicted molar refractivity (Wildman–Crippen MR) is 101 cm³/mol. The lowest BCUT2D eigenvalue weighted by atomic mass is 10.1. The molecule has 6 heteroatoms. The van der Waals surface area contributed by atoms with Gasteiger partial charge in [-0.3, -0.25) is 10.1 Å². The average Bonchev–Trinajstić information content (AvgIpc) is 2.56. The van der Waals surface area contributed by atoms with Crippen molar-refractivity contribution in [1.82, 2.24) is 0 Å². The fourth-order valence-corrected chi connectivity index (χ4v) is 3.46. The van der Waals surface area contributed by atoms with E-state index in [0.717, 1.165) is 17.0 Å². The molecule has 0 saturated heterocycles. The Morgan fingerprint density at radius 1 is 1.32 bits per heavy atom. The van der Waals surface area contributed by atoms with E-state index in [1.807, 2.05) is 11.8 Å². The molecule has 0 bridgehead atoms. The van der Waals surface area contributed by atoms with Crippen LogP contribution in [0.4, 0.5) is 15.8 Å². The summed E-state index contributed by atoms with van der Waals surface area (Å²) < 4.78 is 13.1. The van der Waals surface area contributed by atoms with Gasteiger partial charge in [0.1, 0.15) is 5.82 Å². The molecule has 0 radical (unpaired) electrons. The van der Waals surface area contributed by atoms with Crippen molar-refractivity contribution in [1.29, 1.82) is 0 Å². The van der Waals surface area contributed by atoms with Crippen LogP contribution < -0.4 is 4.90 Å². The molecule has 0 unspecified atom stereocenters. The Bertz CT molecular complexity index is 800. The van der Waals surface area contributed by atoms with Gasteiger partial charge in [0.05, 0.1) is 16.4 Å². The number of benzene rings is 2. The first-order chi connectivity index (χ1) is 12.0. The van der Waals surface area contributed by atoms with Gasteiger partial charge in [-0.25, -0.2) is 4.39 Å². The van der Waals surface area contributed by atoms with Gasteiger partial charge in [0, 0.05) is 17.8 Å². The van der Waals surface area contributed by atoms with E-state index in [0.29, 0.717) is 23.5 Å². The Morgan fingerprint density at radius 2 is 2.00 bits per heavy atom. The number of hydrogen-bond acceptors (Lipinski definition) is 4. The first-order valence-corrected chi connectivity index (χ1v) is 8.79. The van der Waals surface area contributed by atoms with Crippen molar-refractivity contribution in [2.75, 3.05) is 17.2 Å². The van der Waals surface area contributed by atoms with Crippen LogP contribution in [-0.4, -0.2) is 17.2 Å². The molecule has 0 aromatic heterocycles. The number of thioether (sulfide) groups is 1. The summed E-state index contributed by atoms with van der Waals surface area (Å²) in [4.78, 5) is 13.6. The summed E-state index contributed by atoms with van der Waals surface area (Å²) in [5, 5.41) is 11.4. The van der Waals surface area contributed by atoms with E-state index in [2.05, 4.69) is 5.92 Å². The van der Waals surface area contributed by atoms with E-state index >= 15 is 0 Å². The molecule has 0 aliphatic carbocycles. The monoisotopic (exact) mass is 358 g/mol. The summed E-state index contributed by atoms with van der Waals surface area (Å²) in [5.74, 6) is 3.06. The number of rotatable bonds is 7. The molecule has 0 amide bonds. The zero-order valence-corrected chi connectivity index (χ0v) is 15.0. The number of hydrogen-bond donors (Lipinski definition) is 0. The van der Waals surface area contributed by atoms with Crippen molar-refractivity contribution < 1.29 is 9.31 Å². The molecule has 0 aliphatic rings. The molecule has 2 aromatic carbocycles. The second kappa shape index (κ2) is 8.54. The topological polar surface area (TPSA) is 46.4 Å². The summed E-state index contributed by atoms with van der Waals surface area (Å²) in [6.45, 7) is 4.53. The summed E-state index contributed by atoms with van der Waals surface area (Å²) >= 11 is 1.43.